The van der Waals surface area contributed by atoms with Crippen LogP contribution in [-0.4, -0.2) is 36.6 Å². The highest BCUT2D eigenvalue weighted by molar-refractivity contribution is 7.98. The van der Waals surface area contributed by atoms with E-state index in [2.05, 4.69) is 15.5 Å². The van der Waals surface area contributed by atoms with Gasteiger partial charge in [0.2, 0.25) is 5.91 Å². The highest BCUT2D eigenvalue weighted by Crippen LogP contribution is 2.44. The number of aromatic amines is 1. The first kappa shape index (κ1) is 15.7. The summed E-state index contributed by atoms with van der Waals surface area (Å²) < 4.78 is 11.1. The summed E-state index contributed by atoms with van der Waals surface area (Å²) in [5.41, 5.74) is 2.88. The minimum absolute atomic E-state index is 0.0519. The number of rotatable bonds is 4. The zero-order valence-corrected chi connectivity index (χ0v) is 14.3. The van der Waals surface area contributed by atoms with Gasteiger partial charge in [-0.05, 0) is 25.3 Å². The van der Waals surface area contributed by atoms with E-state index < -0.39 is 0 Å². The molecule has 1 atom stereocenters. The summed E-state index contributed by atoms with van der Waals surface area (Å²) in [4.78, 5) is 13.1. The number of fused-ring (bicyclic) bond motifs is 1. The monoisotopic (exact) mass is 333 g/mol. The summed E-state index contributed by atoms with van der Waals surface area (Å²) in [7, 11) is 3.29. The number of carbonyl (C=O) groups excluding carboxylic acids is 1. The summed E-state index contributed by atoms with van der Waals surface area (Å²) in [5.74, 6) is 1.96. The zero-order chi connectivity index (χ0) is 16.6. The first-order valence-corrected chi connectivity index (χ1v) is 8.46. The van der Waals surface area contributed by atoms with Gasteiger partial charge in [0.15, 0.2) is 5.82 Å². The number of hydrogen-bond acceptors (Lipinski definition) is 5. The number of aryl methyl sites for hydroxylation is 1. The van der Waals surface area contributed by atoms with Crippen molar-refractivity contribution < 1.29 is 14.3 Å². The number of thioether (sulfide) groups is 1. The second-order valence-electron chi connectivity index (χ2n) is 5.36. The van der Waals surface area contributed by atoms with E-state index in [0.29, 0.717) is 12.2 Å². The average Bonchev–Trinajstić information content (AvgIpc) is 2.93. The lowest BCUT2D eigenvalue weighted by molar-refractivity contribution is -0.116. The second-order valence-corrected chi connectivity index (χ2v) is 6.21. The van der Waals surface area contributed by atoms with Gasteiger partial charge in [-0.25, -0.2) is 0 Å². The molecule has 1 aliphatic rings. The molecule has 1 unspecified atom stereocenters. The van der Waals surface area contributed by atoms with Gasteiger partial charge in [-0.1, -0.05) is 0 Å². The van der Waals surface area contributed by atoms with Crippen LogP contribution >= 0.6 is 11.8 Å². The molecule has 3 rings (SSSR count). The van der Waals surface area contributed by atoms with Gasteiger partial charge in [0.25, 0.3) is 0 Å². The van der Waals surface area contributed by atoms with Gasteiger partial charge in [-0.15, -0.1) is 11.8 Å². The van der Waals surface area contributed by atoms with Gasteiger partial charge in [0.05, 0.1) is 19.1 Å². The first-order chi connectivity index (χ1) is 11.1. The van der Waals surface area contributed by atoms with Crippen LogP contribution in [0.1, 0.15) is 29.2 Å². The number of aromatic nitrogens is 2. The van der Waals surface area contributed by atoms with Gasteiger partial charge in [0.1, 0.15) is 11.5 Å². The fourth-order valence-electron chi connectivity index (χ4n) is 3.02. The second kappa shape index (κ2) is 6.16. The van der Waals surface area contributed by atoms with E-state index >= 15 is 0 Å². The lowest BCUT2D eigenvalue weighted by Gasteiger charge is -2.25. The van der Waals surface area contributed by atoms with Gasteiger partial charge < -0.3 is 14.8 Å². The average molecular weight is 333 g/mol. The fraction of sp³-hybridized carbons (Fsp3) is 0.375. The van der Waals surface area contributed by atoms with Crippen molar-refractivity contribution in [3.05, 3.63) is 29.0 Å². The maximum atomic E-state index is 12.1. The van der Waals surface area contributed by atoms with E-state index in [-0.39, 0.29) is 11.8 Å². The lowest BCUT2D eigenvalue weighted by atomic mass is 9.85. The maximum absolute atomic E-state index is 12.1. The molecule has 7 heteroatoms. The molecule has 0 aliphatic carbocycles. The number of hydrogen-bond donors (Lipinski definition) is 2. The Bertz CT molecular complexity index is 757. The zero-order valence-electron chi connectivity index (χ0n) is 13.5. The molecule has 1 amide bonds. The van der Waals surface area contributed by atoms with Crippen molar-refractivity contribution in [3.63, 3.8) is 0 Å². The Morgan fingerprint density at radius 1 is 1.26 bits per heavy atom. The summed E-state index contributed by atoms with van der Waals surface area (Å²) in [6.07, 6.45) is 2.34. The Morgan fingerprint density at radius 3 is 2.65 bits per heavy atom. The van der Waals surface area contributed by atoms with Crippen LogP contribution in [0.2, 0.25) is 0 Å². The van der Waals surface area contributed by atoms with Crippen LogP contribution in [0.15, 0.2) is 17.0 Å². The summed E-state index contributed by atoms with van der Waals surface area (Å²) in [6, 6.07) is 3.92. The Kier molecular flexibility index (Phi) is 4.21. The van der Waals surface area contributed by atoms with E-state index in [1.165, 1.54) is 0 Å². The van der Waals surface area contributed by atoms with Crippen molar-refractivity contribution in [2.75, 3.05) is 25.8 Å². The number of nitrogens with zero attached hydrogens (tertiary/aromatic N) is 1. The minimum atomic E-state index is -0.114. The molecule has 0 saturated heterocycles. The van der Waals surface area contributed by atoms with E-state index in [0.717, 1.165) is 33.2 Å². The SMILES string of the molecule is COc1cc(C2CC(=O)Nc3n[nH]c(C)c32)c(OC)cc1SC. The Balaban J connectivity index is 2.18. The van der Waals surface area contributed by atoms with E-state index in [9.17, 15) is 4.79 Å². The number of benzene rings is 1. The predicted molar refractivity (Wildman–Crippen MR) is 89.7 cm³/mol. The van der Waals surface area contributed by atoms with E-state index in [4.69, 9.17) is 9.47 Å². The number of anilines is 1. The largest absolute Gasteiger partial charge is 0.496 e. The Morgan fingerprint density at radius 2 is 2.00 bits per heavy atom. The number of carbonyl (C=O) groups is 1. The van der Waals surface area contributed by atoms with Crippen LogP contribution in [0.4, 0.5) is 5.82 Å². The molecule has 0 fully saturated rings. The van der Waals surface area contributed by atoms with Crippen LogP contribution in [-0.2, 0) is 4.79 Å². The van der Waals surface area contributed by atoms with Gasteiger partial charge in [-0.3, -0.25) is 9.89 Å². The predicted octanol–water partition coefficient (Wildman–Crippen LogP) is 2.93. The molecule has 2 heterocycles. The molecule has 1 aliphatic heterocycles. The molecule has 6 nitrogen and oxygen atoms in total. The highest BCUT2D eigenvalue weighted by Gasteiger charge is 2.32. The molecule has 0 spiro atoms. The highest BCUT2D eigenvalue weighted by atomic mass is 32.2. The summed E-state index contributed by atoms with van der Waals surface area (Å²) >= 11 is 1.59. The minimum Gasteiger partial charge on any atom is -0.496 e. The third-order valence-corrected chi connectivity index (χ3v) is 4.86. The van der Waals surface area contributed by atoms with Crippen LogP contribution in [0, 0.1) is 6.92 Å². The number of ether oxygens (including phenoxy) is 2. The van der Waals surface area contributed by atoms with Crippen molar-refractivity contribution in [2.45, 2.75) is 24.2 Å². The molecule has 0 bridgehead atoms. The molecule has 2 N–H and O–H groups in total. The van der Waals surface area contributed by atoms with E-state index in [1.807, 2.05) is 25.3 Å². The van der Waals surface area contributed by atoms with E-state index in [1.54, 1.807) is 26.0 Å². The molecular formula is C16H19N3O3S. The molecule has 0 saturated carbocycles. The third-order valence-electron chi connectivity index (χ3n) is 4.10. The molecule has 122 valence electrons. The van der Waals surface area contributed by atoms with Crippen molar-refractivity contribution in [3.8, 4) is 11.5 Å². The topological polar surface area (TPSA) is 76.2 Å². The van der Waals surface area contributed by atoms with Gasteiger partial charge in [-0.2, -0.15) is 5.10 Å². The summed E-state index contributed by atoms with van der Waals surface area (Å²) in [6.45, 7) is 1.95. The lowest BCUT2D eigenvalue weighted by Crippen LogP contribution is -2.23. The Hall–Kier alpha value is -2.15. The molecular weight excluding hydrogens is 314 g/mol. The summed E-state index contributed by atoms with van der Waals surface area (Å²) in [5, 5.41) is 9.94. The third kappa shape index (κ3) is 2.65. The van der Waals surface area contributed by atoms with Crippen LogP contribution in [0.5, 0.6) is 11.5 Å². The maximum Gasteiger partial charge on any atom is 0.226 e. The quantitative estimate of drug-likeness (QED) is 0.841. The normalized spacial score (nSPS) is 16.7. The molecule has 23 heavy (non-hydrogen) atoms. The number of H-pyrrole nitrogens is 1. The fourth-order valence-corrected chi connectivity index (χ4v) is 3.59. The standard InChI is InChI=1S/C16H19N3O3S/c1-8-15-10(6-14(20)17-16(15)19-18-8)9-5-12(22-3)13(23-4)7-11(9)21-2/h5,7,10H,6H2,1-4H3,(H2,17,18,19,20). The Labute approximate surface area is 138 Å². The van der Waals surface area contributed by atoms with Crippen molar-refractivity contribution in [2.24, 2.45) is 0 Å². The van der Waals surface area contributed by atoms with Crippen molar-refractivity contribution in [1.29, 1.82) is 0 Å². The van der Waals surface area contributed by atoms with Crippen LogP contribution in [0.25, 0.3) is 0 Å². The van der Waals surface area contributed by atoms with Crippen LogP contribution < -0.4 is 14.8 Å². The molecule has 1 aromatic heterocycles. The van der Waals surface area contributed by atoms with Gasteiger partial charge >= 0.3 is 0 Å². The number of amides is 1. The number of nitrogens with one attached hydrogen (secondary N) is 2. The van der Waals surface area contributed by atoms with Crippen molar-refractivity contribution >= 4 is 23.5 Å². The number of methoxy groups -OCH3 is 2. The van der Waals surface area contributed by atoms with Crippen LogP contribution in [0.3, 0.4) is 0 Å². The molecule has 1 aromatic carbocycles. The van der Waals surface area contributed by atoms with Crippen molar-refractivity contribution in [1.82, 2.24) is 10.2 Å². The molecule has 2 aromatic rings. The molecule has 0 radical (unpaired) electrons. The van der Waals surface area contributed by atoms with Gasteiger partial charge in [0, 0.05) is 29.2 Å². The first-order valence-electron chi connectivity index (χ1n) is 7.23. The smallest absolute Gasteiger partial charge is 0.226 e.